The first-order valence-electron chi connectivity index (χ1n) is 9.13. The molecule has 3 rings (SSSR count). The average Bonchev–Trinajstić information content (AvgIpc) is 3.08. The lowest BCUT2D eigenvalue weighted by Crippen LogP contribution is -2.47. The first kappa shape index (κ1) is 20.7. The number of nitrogens with zero attached hydrogens (tertiary/aromatic N) is 4. The minimum absolute atomic E-state index is 0. The van der Waals surface area contributed by atoms with Crippen molar-refractivity contribution in [3.05, 3.63) is 47.5 Å². The lowest BCUT2D eigenvalue weighted by Gasteiger charge is -2.25. The molecule has 26 heavy (non-hydrogen) atoms. The van der Waals surface area contributed by atoms with Crippen LogP contribution in [0.25, 0.3) is 0 Å². The topological polar surface area (TPSA) is 67.1 Å². The fraction of sp³-hybridized carbons (Fsp3) is 0.526. The Bertz CT molecular complexity index is 709. The molecular weight excluding hydrogens is 439 g/mol. The van der Waals surface area contributed by atoms with Gasteiger partial charge in [0.2, 0.25) is 0 Å². The molecule has 0 fully saturated rings. The van der Waals surface area contributed by atoms with E-state index in [1.165, 1.54) is 11.1 Å². The number of fused-ring (bicyclic) bond motifs is 1. The molecule has 1 aliphatic heterocycles. The van der Waals surface area contributed by atoms with Gasteiger partial charge < -0.3 is 10.6 Å². The number of hydrogen-bond acceptors (Lipinski definition) is 3. The van der Waals surface area contributed by atoms with E-state index >= 15 is 0 Å². The van der Waals surface area contributed by atoms with Gasteiger partial charge in [-0.2, -0.15) is 5.10 Å². The summed E-state index contributed by atoms with van der Waals surface area (Å²) in [5.74, 6) is 2.35. The van der Waals surface area contributed by atoms with Gasteiger partial charge in [-0.3, -0.25) is 4.99 Å². The third kappa shape index (κ3) is 5.43. The molecule has 0 spiro atoms. The molecule has 1 aromatic carbocycles. The van der Waals surface area contributed by atoms with Crippen LogP contribution in [0, 0.1) is 6.92 Å². The fourth-order valence-corrected chi connectivity index (χ4v) is 3.10. The second kappa shape index (κ2) is 9.89. The monoisotopic (exact) mass is 468 g/mol. The van der Waals surface area contributed by atoms with E-state index in [4.69, 9.17) is 4.99 Å². The van der Waals surface area contributed by atoms with Crippen molar-refractivity contribution >= 4 is 29.9 Å². The molecule has 7 heteroatoms. The summed E-state index contributed by atoms with van der Waals surface area (Å²) in [7, 11) is 0. The van der Waals surface area contributed by atoms with Gasteiger partial charge in [0.1, 0.15) is 12.2 Å². The third-order valence-electron chi connectivity index (χ3n) is 4.66. The van der Waals surface area contributed by atoms with Crippen LogP contribution in [0.1, 0.15) is 43.1 Å². The normalized spacial score (nSPS) is 17.8. The summed E-state index contributed by atoms with van der Waals surface area (Å²) in [6.45, 7) is 8.89. The molecule has 0 bridgehead atoms. The van der Waals surface area contributed by atoms with E-state index in [2.05, 4.69) is 65.8 Å². The number of nitrogens with one attached hydrogen (secondary N) is 2. The van der Waals surface area contributed by atoms with Crippen LogP contribution in [-0.4, -0.2) is 39.9 Å². The predicted molar refractivity (Wildman–Crippen MR) is 116 cm³/mol. The van der Waals surface area contributed by atoms with Crippen LogP contribution in [0.3, 0.4) is 0 Å². The molecule has 0 amide bonds. The average molecular weight is 468 g/mol. The van der Waals surface area contributed by atoms with E-state index in [1.807, 2.05) is 4.68 Å². The first-order chi connectivity index (χ1) is 12.2. The largest absolute Gasteiger partial charge is 0.357 e. The number of aryl methyl sites for hydroxylation is 2. The van der Waals surface area contributed by atoms with Gasteiger partial charge in [-0.1, -0.05) is 36.8 Å². The summed E-state index contributed by atoms with van der Waals surface area (Å²) in [6.07, 6.45) is 3.65. The van der Waals surface area contributed by atoms with Crippen molar-refractivity contribution in [3.63, 3.8) is 0 Å². The van der Waals surface area contributed by atoms with E-state index in [0.29, 0.717) is 12.0 Å². The molecule has 1 aliphatic rings. The van der Waals surface area contributed by atoms with Crippen molar-refractivity contribution < 1.29 is 0 Å². The molecular formula is C19H29IN6. The van der Waals surface area contributed by atoms with E-state index in [1.54, 1.807) is 6.33 Å². The molecule has 1 aromatic heterocycles. The number of benzene rings is 1. The molecule has 2 N–H and O–H groups in total. The maximum Gasteiger partial charge on any atom is 0.191 e. The number of rotatable bonds is 5. The zero-order chi connectivity index (χ0) is 17.6. The molecule has 0 radical (unpaired) electrons. The van der Waals surface area contributed by atoms with Gasteiger partial charge in [0.05, 0.1) is 6.54 Å². The lowest BCUT2D eigenvalue weighted by atomic mass is 10.0. The lowest BCUT2D eigenvalue weighted by molar-refractivity contribution is 0.392. The highest BCUT2D eigenvalue weighted by Crippen LogP contribution is 2.16. The number of aromatic nitrogens is 3. The van der Waals surface area contributed by atoms with E-state index in [9.17, 15) is 0 Å². The van der Waals surface area contributed by atoms with Gasteiger partial charge in [-0.05, 0) is 25.8 Å². The molecule has 2 atom stereocenters. The Balaban J connectivity index is 0.00000243. The molecule has 6 nitrogen and oxygen atoms in total. The molecule has 2 unspecified atom stereocenters. The van der Waals surface area contributed by atoms with Crippen molar-refractivity contribution in [2.24, 2.45) is 4.99 Å². The quantitative estimate of drug-likeness (QED) is 0.403. The highest BCUT2D eigenvalue weighted by molar-refractivity contribution is 14.0. The van der Waals surface area contributed by atoms with Gasteiger partial charge in [0, 0.05) is 31.5 Å². The summed E-state index contributed by atoms with van der Waals surface area (Å²) in [5.41, 5.74) is 2.62. The smallest absolute Gasteiger partial charge is 0.191 e. The summed E-state index contributed by atoms with van der Waals surface area (Å²) >= 11 is 0. The Kier molecular flexibility index (Phi) is 7.86. The van der Waals surface area contributed by atoms with Gasteiger partial charge in [0.15, 0.2) is 5.96 Å². The molecule has 0 saturated carbocycles. The zero-order valence-electron chi connectivity index (χ0n) is 15.8. The fourth-order valence-electron chi connectivity index (χ4n) is 3.10. The molecule has 2 aromatic rings. The Morgan fingerprint density at radius 2 is 2.12 bits per heavy atom. The van der Waals surface area contributed by atoms with Crippen LogP contribution in [0.4, 0.5) is 0 Å². The van der Waals surface area contributed by atoms with Crippen LogP contribution in [0.5, 0.6) is 0 Å². The highest BCUT2D eigenvalue weighted by atomic mass is 127. The Morgan fingerprint density at radius 3 is 2.85 bits per heavy atom. The van der Waals surface area contributed by atoms with Crippen LogP contribution in [0.15, 0.2) is 35.6 Å². The maximum absolute atomic E-state index is 4.80. The number of guanidine groups is 1. The molecule has 142 valence electrons. The summed E-state index contributed by atoms with van der Waals surface area (Å²) in [4.78, 5) is 9.08. The standard InChI is InChI=1S/C19H28N6.HI/c1-4-20-19(21-11-15(3)16-7-5-14(2)6-8-16)24-17-9-10-18-22-13-23-25(18)12-17;/h5-8,13,15,17H,4,9-12H2,1-3H3,(H2,20,21,24);1H. The highest BCUT2D eigenvalue weighted by Gasteiger charge is 2.20. The van der Waals surface area contributed by atoms with Gasteiger partial charge in [-0.15, -0.1) is 24.0 Å². The van der Waals surface area contributed by atoms with Crippen LogP contribution >= 0.6 is 24.0 Å². The Hall–Kier alpha value is -1.64. The number of hydrogen-bond donors (Lipinski definition) is 2. The first-order valence-corrected chi connectivity index (χ1v) is 9.13. The minimum atomic E-state index is 0. The Morgan fingerprint density at radius 1 is 1.35 bits per heavy atom. The van der Waals surface area contributed by atoms with Crippen LogP contribution in [0.2, 0.25) is 0 Å². The predicted octanol–water partition coefficient (Wildman–Crippen LogP) is 2.88. The summed E-state index contributed by atoms with van der Waals surface area (Å²) < 4.78 is 1.99. The maximum atomic E-state index is 4.80. The van der Waals surface area contributed by atoms with E-state index < -0.39 is 0 Å². The van der Waals surface area contributed by atoms with Gasteiger partial charge >= 0.3 is 0 Å². The van der Waals surface area contributed by atoms with Crippen molar-refractivity contribution in [2.75, 3.05) is 13.1 Å². The second-order valence-corrected chi connectivity index (χ2v) is 6.77. The van der Waals surface area contributed by atoms with Gasteiger partial charge in [0.25, 0.3) is 0 Å². The number of aliphatic imine (C=N–C) groups is 1. The van der Waals surface area contributed by atoms with Crippen LogP contribution in [-0.2, 0) is 13.0 Å². The van der Waals surface area contributed by atoms with Crippen molar-refractivity contribution in [2.45, 2.75) is 52.1 Å². The summed E-state index contributed by atoms with van der Waals surface area (Å²) in [6, 6.07) is 9.06. The third-order valence-corrected chi connectivity index (χ3v) is 4.66. The van der Waals surface area contributed by atoms with E-state index in [-0.39, 0.29) is 24.0 Å². The van der Waals surface area contributed by atoms with Gasteiger partial charge in [-0.25, -0.2) is 9.67 Å². The number of halogens is 1. The molecule has 0 aliphatic carbocycles. The van der Waals surface area contributed by atoms with E-state index in [0.717, 1.165) is 44.3 Å². The Labute approximate surface area is 172 Å². The zero-order valence-corrected chi connectivity index (χ0v) is 18.1. The van der Waals surface area contributed by atoms with Crippen molar-refractivity contribution in [3.8, 4) is 0 Å². The second-order valence-electron chi connectivity index (χ2n) is 6.77. The SMILES string of the molecule is CCNC(=NCC(C)c1ccc(C)cc1)NC1CCc2ncnn2C1.I. The van der Waals surface area contributed by atoms with Crippen molar-refractivity contribution in [1.29, 1.82) is 0 Å². The van der Waals surface area contributed by atoms with Crippen LogP contribution < -0.4 is 10.6 Å². The summed E-state index contributed by atoms with van der Waals surface area (Å²) in [5, 5.41) is 11.2. The molecule has 0 saturated heterocycles. The van der Waals surface area contributed by atoms with Crippen molar-refractivity contribution in [1.82, 2.24) is 25.4 Å². The minimum Gasteiger partial charge on any atom is -0.357 e. The molecule has 2 heterocycles.